The van der Waals surface area contributed by atoms with Gasteiger partial charge in [-0.15, -0.1) is 0 Å². The van der Waals surface area contributed by atoms with Crippen molar-refractivity contribution in [3.8, 4) is 0 Å². The lowest BCUT2D eigenvalue weighted by Gasteiger charge is -2.48. The van der Waals surface area contributed by atoms with E-state index < -0.39 is 124 Å². The molecule has 19 nitrogen and oxygen atoms in total. The first-order chi connectivity index (χ1) is 47.8. The molecule has 3 rings (SSSR count). The number of carbonyl (C=O) groups excluding carboxylic acids is 1. The molecule has 0 aromatic rings. The number of carbonyl (C=O) groups is 1. The summed E-state index contributed by atoms with van der Waals surface area (Å²) in [7, 11) is 0. The third kappa shape index (κ3) is 39.9. The maximum absolute atomic E-state index is 13.5. The van der Waals surface area contributed by atoms with E-state index in [1.54, 1.807) is 6.08 Å². The zero-order valence-corrected chi connectivity index (χ0v) is 61.0. The minimum absolute atomic E-state index is 0.241. The molecule has 19 heteroatoms. The Kier molecular flexibility index (Phi) is 54.8. The fourth-order valence-corrected chi connectivity index (χ4v) is 13.2. The topological polar surface area (TPSA) is 307 Å². The third-order valence-electron chi connectivity index (χ3n) is 19.6. The standard InChI is InChI=1S/C79H143NO18/c1-3-5-7-9-11-13-15-17-19-21-23-25-27-29-31-33-35-37-39-41-43-45-47-49-51-53-55-57-67(85)80-62(63(84)56-54-52-50-48-46-44-42-40-38-36-34-32-30-28-26-24-22-20-18-16-14-12-10-8-6-4-2)61-93-77-73(91)70(88)75(65(59-82)95-77)98-79-74(92)71(89)76(66(60-83)96-79)97-78-72(90)69(87)68(86)64(58-81)94-78/h5,7,11,13,17,19,23,25,54,56,62-66,68-79,81-84,86-92H,3-4,6,8-10,12,14-16,18,20-22,24,26-53,55,57-61H2,1-2H3,(H,80,85)/b7-5-,13-11-,19-17-,25-23-,56-54+. The average molecular weight is 1400 g/mol. The van der Waals surface area contributed by atoms with Gasteiger partial charge in [0.05, 0.1) is 38.6 Å². The summed E-state index contributed by atoms with van der Waals surface area (Å²) in [6.45, 7) is 1.66. The van der Waals surface area contributed by atoms with Gasteiger partial charge in [0.15, 0.2) is 18.9 Å². The van der Waals surface area contributed by atoms with Crippen molar-refractivity contribution < 1.29 is 89.4 Å². The van der Waals surface area contributed by atoms with Gasteiger partial charge in [-0.3, -0.25) is 4.79 Å². The molecule has 0 saturated carbocycles. The highest BCUT2D eigenvalue weighted by molar-refractivity contribution is 5.76. The van der Waals surface area contributed by atoms with E-state index in [-0.39, 0.29) is 18.9 Å². The summed E-state index contributed by atoms with van der Waals surface area (Å²) in [6.07, 6.45) is 49.1. The lowest BCUT2D eigenvalue weighted by molar-refractivity contribution is -0.379. The Labute approximate surface area is 592 Å². The van der Waals surface area contributed by atoms with Gasteiger partial charge in [-0.2, -0.15) is 0 Å². The first-order valence-corrected chi connectivity index (χ1v) is 39.5. The summed E-state index contributed by atoms with van der Waals surface area (Å²) in [5.41, 5.74) is 0. The lowest BCUT2D eigenvalue weighted by atomic mass is 9.96. The zero-order chi connectivity index (χ0) is 71.1. The van der Waals surface area contributed by atoms with Crippen LogP contribution in [0.3, 0.4) is 0 Å². The van der Waals surface area contributed by atoms with Gasteiger partial charge in [0, 0.05) is 6.42 Å². The smallest absolute Gasteiger partial charge is 0.220 e. The van der Waals surface area contributed by atoms with Gasteiger partial charge in [-0.25, -0.2) is 0 Å². The molecule has 0 aromatic carbocycles. The summed E-state index contributed by atoms with van der Waals surface area (Å²) in [5.74, 6) is -0.274. The van der Waals surface area contributed by atoms with E-state index in [4.69, 9.17) is 28.4 Å². The summed E-state index contributed by atoms with van der Waals surface area (Å²) in [6, 6.07) is -0.977. The maximum atomic E-state index is 13.5. The summed E-state index contributed by atoms with van der Waals surface area (Å²) < 4.78 is 34.5. The molecule has 17 unspecified atom stereocenters. The van der Waals surface area contributed by atoms with Crippen LogP contribution in [0.5, 0.6) is 0 Å². The molecule has 0 aromatic heterocycles. The number of aliphatic hydroxyl groups is 11. The molecule has 572 valence electrons. The summed E-state index contributed by atoms with van der Waals surface area (Å²) in [4.78, 5) is 13.5. The van der Waals surface area contributed by atoms with E-state index in [2.05, 4.69) is 67.8 Å². The number of aliphatic hydroxyl groups excluding tert-OH is 11. The van der Waals surface area contributed by atoms with Crippen LogP contribution in [0.15, 0.2) is 60.8 Å². The molecular weight excluding hydrogens is 1250 g/mol. The fraction of sp³-hybridized carbons (Fsp3) is 0.861. The summed E-state index contributed by atoms with van der Waals surface area (Å²) >= 11 is 0. The van der Waals surface area contributed by atoms with Gasteiger partial charge >= 0.3 is 0 Å². The molecule has 3 aliphatic rings. The largest absolute Gasteiger partial charge is 0.394 e. The van der Waals surface area contributed by atoms with Gasteiger partial charge in [0.25, 0.3) is 0 Å². The number of nitrogens with one attached hydrogen (secondary N) is 1. The predicted molar refractivity (Wildman–Crippen MR) is 388 cm³/mol. The van der Waals surface area contributed by atoms with Crippen LogP contribution in [0.4, 0.5) is 0 Å². The monoisotopic (exact) mass is 1390 g/mol. The number of rotatable bonds is 62. The second-order valence-corrected chi connectivity index (χ2v) is 28.1. The SMILES string of the molecule is CC/C=C\C/C=C\C/C=C\C/C=C\CCCCCCCCCCCCCCCCC(=O)NC(COC1OC(CO)C(OC2OC(CO)C(OC3OC(CO)C(O)C(O)C3O)C(O)C2O)C(O)C1O)C(O)/C=C/CCCCCCCCCCCCCCCCCCCCCCCCCC. The number of unbranched alkanes of at least 4 members (excludes halogenated alkanes) is 38. The number of hydrogen-bond donors (Lipinski definition) is 12. The molecule has 0 bridgehead atoms. The van der Waals surface area contributed by atoms with E-state index >= 15 is 0 Å². The van der Waals surface area contributed by atoms with Crippen molar-refractivity contribution in [1.29, 1.82) is 0 Å². The van der Waals surface area contributed by atoms with Gasteiger partial charge in [0.2, 0.25) is 5.91 Å². The number of hydrogen-bond acceptors (Lipinski definition) is 18. The van der Waals surface area contributed by atoms with Crippen LogP contribution in [-0.4, -0.2) is 193 Å². The Morgan fingerprint density at radius 3 is 1.10 bits per heavy atom. The minimum Gasteiger partial charge on any atom is -0.394 e. The van der Waals surface area contributed by atoms with E-state index in [9.17, 15) is 61.0 Å². The van der Waals surface area contributed by atoms with E-state index in [1.165, 1.54) is 199 Å². The fourth-order valence-electron chi connectivity index (χ4n) is 13.2. The van der Waals surface area contributed by atoms with Gasteiger partial charge in [0.1, 0.15) is 73.2 Å². The highest BCUT2D eigenvalue weighted by Gasteiger charge is 2.53. The molecule has 0 radical (unpaired) electrons. The lowest BCUT2D eigenvalue weighted by Crippen LogP contribution is -2.66. The molecule has 17 atom stereocenters. The van der Waals surface area contributed by atoms with Crippen molar-refractivity contribution in [2.75, 3.05) is 26.4 Å². The highest BCUT2D eigenvalue weighted by atomic mass is 16.8. The molecule has 12 N–H and O–H groups in total. The molecular formula is C79H143NO18. The predicted octanol–water partition coefficient (Wildman–Crippen LogP) is 12.7. The van der Waals surface area contributed by atoms with Crippen molar-refractivity contribution in [3.63, 3.8) is 0 Å². The minimum atomic E-state index is -1.98. The first-order valence-electron chi connectivity index (χ1n) is 39.5. The van der Waals surface area contributed by atoms with Crippen LogP contribution in [0.25, 0.3) is 0 Å². The Morgan fingerprint density at radius 1 is 0.378 bits per heavy atom. The highest BCUT2D eigenvalue weighted by Crippen LogP contribution is 2.33. The summed E-state index contributed by atoms with van der Waals surface area (Å²) in [5, 5.41) is 121. The molecule has 3 fully saturated rings. The average Bonchev–Trinajstić information content (AvgIpc) is 0.785. The second kappa shape index (κ2) is 59.8. The van der Waals surface area contributed by atoms with Gasteiger partial charge < -0.3 is 89.9 Å². The van der Waals surface area contributed by atoms with Crippen molar-refractivity contribution in [1.82, 2.24) is 5.32 Å². The van der Waals surface area contributed by atoms with E-state index in [0.29, 0.717) is 6.42 Å². The molecule has 0 spiro atoms. The van der Waals surface area contributed by atoms with Crippen LogP contribution >= 0.6 is 0 Å². The van der Waals surface area contributed by atoms with Gasteiger partial charge in [-0.05, 0) is 57.8 Å². The Bertz CT molecular complexity index is 2010. The molecule has 1 amide bonds. The molecule has 3 saturated heterocycles. The molecule has 0 aliphatic carbocycles. The van der Waals surface area contributed by atoms with Crippen molar-refractivity contribution in [2.45, 2.75) is 407 Å². The van der Waals surface area contributed by atoms with Crippen LogP contribution in [0.1, 0.15) is 303 Å². The molecule has 3 heterocycles. The van der Waals surface area contributed by atoms with Crippen LogP contribution in [-0.2, 0) is 33.2 Å². The van der Waals surface area contributed by atoms with Crippen molar-refractivity contribution in [3.05, 3.63) is 60.8 Å². The zero-order valence-electron chi connectivity index (χ0n) is 61.0. The van der Waals surface area contributed by atoms with Crippen molar-refractivity contribution >= 4 is 5.91 Å². The molecule has 3 aliphatic heterocycles. The number of ether oxygens (including phenoxy) is 6. The first kappa shape index (κ1) is 89.7. The second-order valence-electron chi connectivity index (χ2n) is 28.1. The normalized spacial score (nSPS) is 27.1. The van der Waals surface area contributed by atoms with Crippen LogP contribution in [0.2, 0.25) is 0 Å². The Morgan fingerprint density at radius 2 is 0.704 bits per heavy atom. The number of amides is 1. The Balaban J connectivity index is 1.39. The van der Waals surface area contributed by atoms with Crippen molar-refractivity contribution in [2.24, 2.45) is 0 Å². The van der Waals surface area contributed by atoms with E-state index in [1.807, 2.05) is 6.08 Å². The molecule has 98 heavy (non-hydrogen) atoms. The van der Waals surface area contributed by atoms with Crippen LogP contribution < -0.4 is 5.32 Å². The third-order valence-corrected chi connectivity index (χ3v) is 19.6. The van der Waals surface area contributed by atoms with E-state index in [0.717, 1.165) is 77.0 Å². The number of allylic oxidation sites excluding steroid dienone is 9. The van der Waals surface area contributed by atoms with Gasteiger partial charge in [-0.1, -0.05) is 299 Å². The van der Waals surface area contributed by atoms with Crippen LogP contribution in [0, 0.1) is 0 Å². The maximum Gasteiger partial charge on any atom is 0.220 e. The quantitative estimate of drug-likeness (QED) is 0.0199. The Hall–Kier alpha value is -2.51.